The van der Waals surface area contributed by atoms with Crippen molar-refractivity contribution in [2.45, 2.75) is 4.90 Å². The van der Waals surface area contributed by atoms with E-state index in [1.807, 2.05) is 4.90 Å². The second-order valence-electron chi connectivity index (χ2n) is 5.65. The van der Waals surface area contributed by atoms with Crippen molar-refractivity contribution in [3.8, 4) is 0 Å². The van der Waals surface area contributed by atoms with Crippen LogP contribution in [0.4, 0.5) is 11.6 Å². The molecule has 11 heteroatoms. The molecule has 0 unspecified atom stereocenters. The van der Waals surface area contributed by atoms with Crippen LogP contribution in [0.25, 0.3) is 11.1 Å². The highest BCUT2D eigenvalue weighted by Gasteiger charge is 2.18. The molecule has 4 rings (SSSR count). The third-order valence-corrected chi connectivity index (χ3v) is 5.26. The number of morpholine rings is 1. The zero-order chi connectivity index (χ0) is 18.1. The molecule has 1 aliphatic heterocycles. The van der Waals surface area contributed by atoms with Crippen LogP contribution in [-0.4, -0.2) is 49.7 Å². The van der Waals surface area contributed by atoms with Crippen molar-refractivity contribution in [1.29, 1.82) is 0 Å². The summed E-state index contributed by atoms with van der Waals surface area (Å²) in [7, 11) is -3.86. The predicted octanol–water partition coefficient (Wildman–Crippen LogP) is 0.548. The first-order chi connectivity index (χ1) is 12.5. The number of H-pyrrole nitrogens is 1. The highest BCUT2D eigenvalue weighted by atomic mass is 32.2. The van der Waals surface area contributed by atoms with Crippen molar-refractivity contribution in [3.63, 3.8) is 0 Å². The van der Waals surface area contributed by atoms with Gasteiger partial charge < -0.3 is 14.1 Å². The molecule has 10 nitrogen and oxygen atoms in total. The fourth-order valence-corrected chi connectivity index (χ4v) is 3.67. The van der Waals surface area contributed by atoms with Gasteiger partial charge in [0.05, 0.1) is 41.7 Å². The van der Waals surface area contributed by atoms with Crippen LogP contribution in [0.3, 0.4) is 0 Å². The average Bonchev–Trinajstić information content (AvgIpc) is 3.02. The van der Waals surface area contributed by atoms with Crippen LogP contribution in [0, 0.1) is 0 Å². The Kier molecular flexibility index (Phi) is 4.09. The molecule has 3 heterocycles. The fourth-order valence-electron chi connectivity index (χ4n) is 2.61. The number of ether oxygens (including phenoxy) is 1. The molecule has 1 saturated heterocycles. The predicted molar refractivity (Wildman–Crippen MR) is 92.7 cm³/mol. The first-order valence-electron chi connectivity index (χ1n) is 7.82. The Morgan fingerprint density at radius 2 is 1.88 bits per heavy atom. The molecule has 0 bridgehead atoms. The van der Waals surface area contributed by atoms with Crippen LogP contribution in [0.15, 0.2) is 44.7 Å². The fraction of sp³-hybridized carbons (Fsp3) is 0.267. The minimum atomic E-state index is -3.86. The van der Waals surface area contributed by atoms with Crippen molar-refractivity contribution in [2.75, 3.05) is 35.9 Å². The van der Waals surface area contributed by atoms with E-state index in [9.17, 15) is 13.2 Å². The lowest BCUT2D eigenvalue weighted by Gasteiger charge is -2.26. The molecule has 0 spiro atoms. The number of anilines is 2. The molecule has 0 radical (unpaired) electrons. The van der Waals surface area contributed by atoms with Gasteiger partial charge in [0.15, 0.2) is 5.58 Å². The molecule has 3 aromatic rings. The number of aromatic amines is 1. The number of nitrogens with zero attached hydrogens (tertiary/aromatic N) is 3. The van der Waals surface area contributed by atoms with Gasteiger partial charge in [-0.15, -0.1) is 0 Å². The van der Waals surface area contributed by atoms with Gasteiger partial charge >= 0.3 is 5.76 Å². The third-order valence-electron chi connectivity index (χ3n) is 3.89. The first kappa shape index (κ1) is 16.5. The number of oxazole rings is 1. The van der Waals surface area contributed by atoms with Crippen LogP contribution in [0.1, 0.15) is 0 Å². The number of aromatic nitrogens is 3. The molecule has 26 heavy (non-hydrogen) atoms. The monoisotopic (exact) mass is 377 g/mol. The topological polar surface area (TPSA) is 130 Å². The summed E-state index contributed by atoms with van der Waals surface area (Å²) in [5, 5.41) is 0. The molecular weight excluding hydrogens is 362 g/mol. The summed E-state index contributed by atoms with van der Waals surface area (Å²) < 4.78 is 37.6. The Hall–Kier alpha value is -2.92. The molecule has 0 saturated carbocycles. The minimum Gasteiger partial charge on any atom is -0.408 e. The number of hydrogen-bond acceptors (Lipinski definition) is 8. The standard InChI is InChI=1S/C15H15N5O5S/c21-15-18-12-7-11(1-2-13(12)25-15)26(22,23)19-10-8-16-14(17-9-10)20-3-5-24-6-4-20/h1-2,7-9,19H,3-6H2,(H,18,21). The van der Waals surface area contributed by atoms with E-state index in [1.165, 1.54) is 30.6 Å². The van der Waals surface area contributed by atoms with Gasteiger partial charge in [0.1, 0.15) is 0 Å². The Bertz CT molecular complexity index is 1080. The Balaban J connectivity index is 1.55. The number of fused-ring (bicyclic) bond motifs is 1. The molecule has 1 aliphatic rings. The van der Waals surface area contributed by atoms with Gasteiger partial charge in [0, 0.05) is 13.1 Å². The van der Waals surface area contributed by atoms with Crippen molar-refractivity contribution in [2.24, 2.45) is 0 Å². The normalized spacial score (nSPS) is 15.3. The SMILES string of the molecule is O=c1[nH]c2cc(S(=O)(=O)Nc3cnc(N4CCOCC4)nc3)ccc2o1. The van der Waals surface area contributed by atoms with E-state index in [-0.39, 0.29) is 16.2 Å². The summed E-state index contributed by atoms with van der Waals surface area (Å²) >= 11 is 0. The number of rotatable bonds is 4. The van der Waals surface area contributed by atoms with Crippen LogP contribution in [-0.2, 0) is 14.8 Å². The minimum absolute atomic E-state index is 0.0145. The van der Waals surface area contributed by atoms with E-state index in [1.54, 1.807) is 0 Å². The molecule has 2 N–H and O–H groups in total. The molecule has 0 amide bonds. The molecule has 136 valence electrons. The summed E-state index contributed by atoms with van der Waals surface area (Å²) in [5.41, 5.74) is 0.826. The zero-order valence-corrected chi connectivity index (χ0v) is 14.3. The van der Waals surface area contributed by atoms with Gasteiger partial charge in [-0.2, -0.15) is 0 Å². The summed E-state index contributed by atoms with van der Waals surface area (Å²) in [6.07, 6.45) is 2.82. The van der Waals surface area contributed by atoms with E-state index in [0.717, 1.165) is 0 Å². The number of sulfonamides is 1. The van der Waals surface area contributed by atoms with Gasteiger partial charge in [-0.25, -0.2) is 23.2 Å². The van der Waals surface area contributed by atoms with Crippen molar-refractivity contribution >= 4 is 32.8 Å². The Labute approximate surface area is 147 Å². The third kappa shape index (κ3) is 3.26. The van der Waals surface area contributed by atoms with Crippen LogP contribution in [0.5, 0.6) is 0 Å². The van der Waals surface area contributed by atoms with Crippen molar-refractivity contribution < 1.29 is 17.6 Å². The van der Waals surface area contributed by atoms with Crippen LogP contribution >= 0.6 is 0 Å². The highest BCUT2D eigenvalue weighted by Crippen LogP contribution is 2.20. The van der Waals surface area contributed by atoms with Gasteiger partial charge in [-0.1, -0.05) is 0 Å². The maximum Gasteiger partial charge on any atom is 0.417 e. The number of hydrogen-bond donors (Lipinski definition) is 2. The van der Waals surface area contributed by atoms with E-state index >= 15 is 0 Å². The van der Waals surface area contributed by atoms with Gasteiger partial charge in [0.2, 0.25) is 5.95 Å². The van der Waals surface area contributed by atoms with Gasteiger partial charge in [0.25, 0.3) is 10.0 Å². The van der Waals surface area contributed by atoms with E-state index < -0.39 is 15.8 Å². The molecular formula is C15H15N5O5S. The molecule has 1 fully saturated rings. The van der Waals surface area contributed by atoms with E-state index in [0.29, 0.717) is 37.8 Å². The Morgan fingerprint density at radius 3 is 2.62 bits per heavy atom. The average molecular weight is 377 g/mol. The molecule has 0 aliphatic carbocycles. The van der Waals surface area contributed by atoms with Crippen molar-refractivity contribution in [3.05, 3.63) is 41.1 Å². The summed E-state index contributed by atoms with van der Waals surface area (Å²) in [5.74, 6) is -0.122. The Morgan fingerprint density at radius 1 is 1.15 bits per heavy atom. The quantitative estimate of drug-likeness (QED) is 0.674. The molecule has 1 aromatic carbocycles. The summed E-state index contributed by atoms with van der Waals surface area (Å²) in [6, 6.07) is 4.09. The number of benzene rings is 1. The zero-order valence-electron chi connectivity index (χ0n) is 13.5. The molecule has 2 aromatic heterocycles. The van der Waals surface area contributed by atoms with E-state index in [2.05, 4.69) is 19.7 Å². The second-order valence-corrected chi connectivity index (χ2v) is 7.33. The van der Waals surface area contributed by atoms with Gasteiger partial charge in [-0.05, 0) is 18.2 Å². The molecule has 0 atom stereocenters. The van der Waals surface area contributed by atoms with Crippen LogP contribution in [0.2, 0.25) is 0 Å². The maximum absolute atomic E-state index is 12.5. The highest BCUT2D eigenvalue weighted by molar-refractivity contribution is 7.92. The lowest BCUT2D eigenvalue weighted by atomic mass is 10.3. The summed E-state index contributed by atoms with van der Waals surface area (Å²) in [6.45, 7) is 2.59. The van der Waals surface area contributed by atoms with E-state index in [4.69, 9.17) is 9.15 Å². The van der Waals surface area contributed by atoms with Crippen molar-refractivity contribution in [1.82, 2.24) is 15.0 Å². The first-order valence-corrected chi connectivity index (χ1v) is 9.30. The lowest BCUT2D eigenvalue weighted by molar-refractivity contribution is 0.122. The maximum atomic E-state index is 12.5. The summed E-state index contributed by atoms with van der Waals surface area (Å²) in [4.78, 5) is 24.0. The largest absolute Gasteiger partial charge is 0.417 e. The van der Waals surface area contributed by atoms with Gasteiger partial charge in [-0.3, -0.25) is 9.71 Å². The van der Waals surface area contributed by atoms with Crippen LogP contribution < -0.4 is 15.4 Å². The second kappa shape index (κ2) is 6.42. The smallest absolute Gasteiger partial charge is 0.408 e. The lowest BCUT2D eigenvalue weighted by Crippen LogP contribution is -2.37. The number of nitrogens with one attached hydrogen (secondary N) is 2.